The molecule has 104 valence electrons. The van der Waals surface area contributed by atoms with E-state index in [1.165, 1.54) is 16.7 Å². The van der Waals surface area contributed by atoms with E-state index in [4.69, 9.17) is 10.4 Å². The molecule has 0 atom stereocenters. The van der Waals surface area contributed by atoms with Crippen molar-refractivity contribution in [3.63, 3.8) is 0 Å². The number of imidazole rings is 1. The zero-order valence-electron chi connectivity index (χ0n) is 10.1. The molecule has 0 unspecified atom stereocenters. The molecule has 0 amide bonds. The van der Waals surface area contributed by atoms with E-state index in [-0.39, 0.29) is 10.9 Å². The SMILES string of the molecule is N#Cc1ccc2nc(SCC(=O)O)n(CC(F)F)c2c1. The Morgan fingerprint density at radius 1 is 1.55 bits per heavy atom. The largest absolute Gasteiger partial charge is 0.481 e. The van der Waals surface area contributed by atoms with Crippen molar-refractivity contribution in [1.29, 1.82) is 5.26 Å². The van der Waals surface area contributed by atoms with Crippen LogP contribution >= 0.6 is 11.8 Å². The van der Waals surface area contributed by atoms with Crippen LogP contribution in [0.25, 0.3) is 11.0 Å². The van der Waals surface area contributed by atoms with Crippen LogP contribution in [0.4, 0.5) is 8.78 Å². The molecule has 1 N–H and O–H groups in total. The van der Waals surface area contributed by atoms with Crippen LogP contribution in [0, 0.1) is 11.3 Å². The average Bonchev–Trinajstić information content (AvgIpc) is 2.73. The summed E-state index contributed by atoms with van der Waals surface area (Å²) in [6.45, 7) is -0.590. The van der Waals surface area contributed by atoms with E-state index in [9.17, 15) is 13.6 Å². The van der Waals surface area contributed by atoms with Crippen LogP contribution in [-0.4, -0.2) is 32.8 Å². The third-order valence-corrected chi connectivity index (χ3v) is 3.45. The first-order valence-electron chi connectivity index (χ1n) is 5.54. The Kier molecular flexibility index (Phi) is 4.20. The molecular formula is C12H9F2N3O2S. The second-order valence-corrected chi connectivity index (χ2v) is 4.84. The highest BCUT2D eigenvalue weighted by atomic mass is 32.2. The van der Waals surface area contributed by atoms with Gasteiger partial charge in [0.15, 0.2) is 5.16 Å². The molecule has 1 aromatic carbocycles. The van der Waals surface area contributed by atoms with Crippen molar-refractivity contribution in [2.24, 2.45) is 0 Å². The van der Waals surface area contributed by atoms with Crippen LogP contribution < -0.4 is 0 Å². The Morgan fingerprint density at radius 2 is 2.30 bits per heavy atom. The van der Waals surface area contributed by atoms with Crippen LogP contribution in [0.1, 0.15) is 5.56 Å². The highest BCUT2D eigenvalue weighted by molar-refractivity contribution is 7.99. The van der Waals surface area contributed by atoms with E-state index in [0.29, 0.717) is 16.6 Å². The number of alkyl halides is 2. The van der Waals surface area contributed by atoms with Crippen LogP contribution in [0.5, 0.6) is 0 Å². The summed E-state index contributed by atoms with van der Waals surface area (Å²) in [6.07, 6.45) is -2.60. The van der Waals surface area contributed by atoms with Gasteiger partial charge in [0.05, 0.1) is 35.0 Å². The monoisotopic (exact) mass is 297 g/mol. The molecule has 0 radical (unpaired) electrons. The molecule has 0 saturated carbocycles. The Hall–Kier alpha value is -2.14. The van der Waals surface area contributed by atoms with Gasteiger partial charge in [-0.3, -0.25) is 4.79 Å². The molecule has 8 heteroatoms. The molecule has 20 heavy (non-hydrogen) atoms. The summed E-state index contributed by atoms with van der Waals surface area (Å²) in [7, 11) is 0. The molecule has 2 rings (SSSR count). The lowest BCUT2D eigenvalue weighted by atomic mass is 10.2. The molecule has 0 bridgehead atoms. The predicted octanol–water partition coefficient (Wildman–Crippen LogP) is 2.35. The third kappa shape index (κ3) is 3.05. The van der Waals surface area contributed by atoms with Crippen LogP contribution in [0.15, 0.2) is 23.4 Å². The van der Waals surface area contributed by atoms with Gasteiger partial charge in [-0.05, 0) is 18.2 Å². The Morgan fingerprint density at radius 3 is 2.90 bits per heavy atom. The van der Waals surface area contributed by atoms with Crippen molar-refractivity contribution < 1.29 is 18.7 Å². The van der Waals surface area contributed by atoms with Gasteiger partial charge in [0, 0.05) is 0 Å². The highest BCUT2D eigenvalue weighted by Crippen LogP contribution is 2.25. The van der Waals surface area contributed by atoms with E-state index < -0.39 is 18.9 Å². The maximum atomic E-state index is 12.6. The van der Waals surface area contributed by atoms with Crippen LogP contribution in [0.2, 0.25) is 0 Å². The van der Waals surface area contributed by atoms with E-state index >= 15 is 0 Å². The molecule has 0 aliphatic carbocycles. The minimum atomic E-state index is -2.60. The number of hydrogen-bond acceptors (Lipinski definition) is 4. The number of carbonyl (C=O) groups is 1. The number of hydrogen-bond donors (Lipinski definition) is 1. The van der Waals surface area contributed by atoms with Crippen molar-refractivity contribution in [1.82, 2.24) is 9.55 Å². The number of fused-ring (bicyclic) bond motifs is 1. The van der Waals surface area contributed by atoms with Gasteiger partial charge in [0.25, 0.3) is 6.43 Å². The fraction of sp³-hybridized carbons (Fsp3) is 0.250. The first-order valence-corrected chi connectivity index (χ1v) is 6.53. The number of carboxylic acids is 1. The third-order valence-electron chi connectivity index (χ3n) is 2.49. The van der Waals surface area contributed by atoms with Gasteiger partial charge < -0.3 is 9.67 Å². The first kappa shape index (κ1) is 14.3. The van der Waals surface area contributed by atoms with Crippen LogP contribution in [0.3, 0.4) is 0 Å². The zero-order chi connectivity index (χ0) is 14.7. The second-order valence-electron chi connectivity index (χ2n) is 3.89. The lowest BCUT2D eigenvalue weighted by molar-refractivity contribution is -0.133. The highest BCUT2D eigenvalue weighted by Gasteiger charge is 2.16. The molecule has 1 heterocycles. The standard InChI is InChI=1S/C12H9F2N3O2S/c13-10(14)5-17-9-3-7(4-15)1-2-8(9)16-12(17)20-6-11(18)19/h1-3,10H,5-6H2,(H,18,19). The normalized spacial score (nSPS) is 10.9. The van der Waals surface area contributed by atoms with Crippen molar-refractivity contribution in [2.45, 2.75) is 18.1 Å². The number of nitrogens with zero attached hydrogens (tertiary/aromatic N) is 3. The van der Waals surface area contributed by atoms with Crippen molar-refractivity contribution >= 4 is 28.8 Å². The maximum absolute atomic E-state index is 12.6. The summed E-state index contributed by atoms with van der Waals surface area (Å²) in [5.41, 5.74) is 1.19. The summed E-state index contributed by atoms with van der Waals surface area (Å²) >= 11 is 0.872. The molecule has 5 nitrogen and oxygen atoms in total. The number of carboxylic acid groups (broad SMARTS) is 1. The van der Waals surface area contributed by atoms with Gasteiger partial charge in [-0.15, -0.1) is 0 Å². The Bertz CT molecular complexity index is 694. The number of benzene rings is 1. The average molecular weight is 297 g/mol. The first-order chi connectivity index (χ1) is 9.51. The molecule has 0 aliphatic rings. The lowest BCUT2D eigenvalue weighted by Gasteiger charge is -2.07. The van der Waals surface area contributed by atoms with Crippen LogP contribution in [-0.2, 0) is 11.3 Å². The van der Waals surface area contributed by atoms with E-state index in [0.717, 1.165) is 11.8 Å². The zero-order valence-corrected chi connectivity index (χ0v) is 10.9. The minimum absolute atomic E-state index is 0.206. The summed E-state index contributed by atoms with van der Waals surface area (Å²) in [6, 6.07) is 6.49. The minimum Gasteiger partial charge on any atom is -0.481 e. The topological polar surface area (TPSA) is 78.9 Å². The van der Waals surface area contributed by atoms with E-state index in [1.807, 2.05) is 6.07 Å². The Balaban J connectivity index is 2.49. The van der Waals surface area contributed by atoms with Gasteiger partial charge in [-0.1, -0.05) is 11.8 Å². The number of rotatable bonds is 5. The van der Waals surface area contributed by atoms with Crippen molar-refractivity contribution in [3.05, 3.63) is 23.8 Å². The molecule has 0 spiro atoms. The fourth-order valence-corrected chi connectivity index (χ4v) is 2.47. The molecule has 0 saturated heterocycles. The smallest absolute Gasteiger partial charge is 0.313 e. The molecule has 0 fully saturated rings. The maximum Gasteiger partial charge on any atom is 0.313 e. The predicted molar refractivity (Wildman–Crippen MR) is 68.8 cm³/mol. The number of thioether (sulfide) groups is 1. The summed E-state index contributed by atoms with van der Waals surface area (Å²) in [4.78, 5) is 14.7. The second kappa shape index (κ2) is 5.88. The van der Waals surface area contributed by atoms with Gasteiger partial charge in [-0.2, -0.15) is 5.26 Å². The summed E-state index contributed by atoms with van der Waals surface area (Å²) in [5.74, 6) is -1.32. The summed E-state index contributed by atoms with van der Waals surface area (Å²) in [5, 5.41) is 17.7. The quantitative estimate of drug-likeness (QED) is 0.857. The van der Waals surface area contributed by atoms with E-state index in [1.54, 1.807) is 6.07 Å². The fourth-order valence-electron chi connectivity index (χ4n) is 1.72. The van der Waals surface area contributed by atoms with Crippen molar-refractivity contribution in [3.8, 4) is 6.07 Å². The number of aliphatic carboxylic acids is 1. The van der Waals surface area contributed by atoms with Gasteiger partial charge in [-0.25, -0.2) is 13.8 Å². The van der Waals surface area contributed by atoms with Gasteiger partial charge in [0.2, 0.25) is 0 Å². The molecule has 1 aromatic heterocycles. The van der Waals surface area contributed by atoms with Gasteiger partial charge >= 0.3 is 5.97 Å². The van der Waals surface area contributed by atoms with E-state index in [2.05, 4.69) is 4.98 Å². The summed E-state index contributed by atoms with van der Waals surface area (Å²) < 4.78 is 26.5. The molecular weight excluding hydrogens is 288 g/mol. The van der Waals surface area contributed by atoms with Gasteiger partial charge in [0.1, 0.15) is 0 Å². The number of aromatic nitrogens is 2. The Labute approximate surface area is 116 Å². The molecule has 0 aliphatic heterocycles. The number of nitriles is 1. The van der Waals surface area contributed by atoms with Crippen molar-refractivity contribution in [2.75, 3.05) is 5.75 Å². The lowest BCUT2D eigenvalue weighted by Crippen LogP contribution is -2.09. The molecule has 2 aromatic rings. The number of halogens is 2.